The van der Waals surface area contributed by atoms with Crippen molar-refractivity contribution < 1.29 is 9.84 Å². The standard InChI is InChI=1S/C20H23N3O2S/c1-2-23-19(15-7-8-15)21-22-20(23)26-13-17(24)12-25-18-10-9-14-5-3-4-6-16(14)11-18/h3-6,9-11,15,17,24H,2,7-8,12-13H2,1H3. The van der Waals surface area contributed by atoms with Crippen molar-refractivity contribution >= 4 is 22.5 Å². The van der Waals surface area contributed by atoms with E-state index in [1.807, 2.05) is 30.3 Å². The first kappa shape index (κ1) is 17.4. The summed E-state index contributed by atoms with van der Waals surface area (Å²) in [5.74, 6) is 2.99. The lowest BCUT2D eigenvalue weighted by atomic mass is 10.1. The smallest absolute Gasteiger partial charge is 0.191 e. The number of ether oxygens (including phenoxy) is 1. The quantitative estimate of drug-likeness (QED) is 0.611. The maximum atomic E-state index is 10.3. The molecule has 0 bridgehead atoms. The van der Waals surface area contributed by atoms with Crippen molar-refractivity contribution in [2.75, 3.05) is 12.4 Å². The minimum atomic E-state index is -0.558. The molecule has 5 nitrogen and oxygen atoms in total. The van der Waals surface area contributed by atoms with Gasteiger partial charge in [0.25, 0.3) is 0 Å². The molecule has 3 aromatic rings. The van der Waals surface area contributed by atoms with E-state index in [4.69, 9.17) is 4.74 Å². The lowest BCUT2D eigenvalue weighted by Gasteiger charge is -2.13. The number of aliphatic hydroxyl groups is 1. The van der Waals surface area contributed by atoms with Crippen molar-refractivity contribution in [3.05, 3.63) is 48.3 Å². The monoisotopic (exact) mass is 369 g/mol. The number of hydrogen-bond acceptors (Lipinski definition) is 5. The molecule has 1 unspecified atom stereocenters. The van der Waals surface area contributed by atoms with Gasteiger partial charge in [-0.15, -0.1) is 10.2 Å². The Bertz CT molecular complexity index is 892. The summed E-state index contributed by atoms with van der Waals surface area (Å²) in [6, 6.07) is 14.1. The van der Waals surface area contributed by atoms with Gasteiger partial charge >= 0.3 is 0 Å². The fourth-order valence-corrected chi connectivity index (χ4v) is 3.93. The summed E-state index contributed by atoms with van der Waals surface area (Å²) in [7, 11) is 0. The van der Waals surface area contributed by atoms with Crippen molar-refractivity contribution in [2.24, 2.45) is 0 Å². The number of nitrogens with zero attached hydrogens (tertiary/aromatic N) is 3. The van der Waals surface area contributed by atoms with Crippen LogP contribution in [0.2, 0.25) is 0 Å². The van der Waals surface area contributed by atoms with Gasteiger partial charge in [0.05, 0.1) is 6.10 Å². The van der Waals surface area contributed by atoms with Gasteiger partial charge in [-0.2, -0.15) is 0 Å². The van der Waals surface area contributed by atoms with Crippen LogP contribution in [0.4, 0.5) is 0 Å². The molecule has 1 N–H and O–H groups in total. The third kappa shape index (κ3) is 3.86. The molecule has 1 saturated carbocycles. The first-order chi connectivity index (χ1) is 12.7. The van der Waals surface area contributed by atoms with Crippen LogP contribution in [0, 0.1) is 0 Å². The molecule has 6 heteroatoms. The van der Waals surface area contributed by atoms with Crippen LogP contribution in [0.5, 0.6) is 5.75 Å². The fraction of sp³-hybridized carbons (Fsp3) is 0.400. The molecule has 136 valence electrons. The maximum Gasteiger partial charge on any atom is 0.191 e. The summed E-state index contributed by atoms with van der Waals surface area (Å²) in [6.07, 6.45) is 1.87. The average molecular weight is 369 g/mol. The summed E-state index contributed by atoms with van der Waals surface area (Å²) in [5.41, 5.74) is 0. The zero-order valence-corrected chi connectivity index (χ0v) is 15.7. The summed E-state index contributed by atoms with van der Waals surface area (Å²) >= 11 is 1.54. The van der Waals surface area contributed by atoms with Crippen molar-refractivity contribution in [1.29, 1.82) is 0 Å². The van der Waals surface area contributed by atoms with Gasteiger partial charge in [-0.1, -0.05) is 42.1 Å². The molecule has 4 rings (SSSR count). The van der Waals surface area contributed by atoms with E-state index >= 15 is 0 Å². The van der Waals surface area contributed by atoms with Gasteiger partial charge in [0.2, 0.25) is 0 Å². The van der Waals surface area contributed by atoms with Gasteiger partial charge in [0.15, 0.2) is 5.16 Å². The van der Waals surface area contributed by atoms with Gasteiger partial charge in [-0.25, -0.2) is 0 Å². The van der Waals surface area contributed by atoms with Gasteiger partial charge in [-0.3, -0.25) is 0 Å². The molecule has 1 aliphatic rings. The lowest BCUT2D eigenvalue weighted by Crippen LogP contribution is -2.20. The second-order valence-electron chi connectivity index (χ2n) is 6.64. The van der Waals surface area contributed by atoms with E-state index < -0.39 is 6.10 Å². The Balaban J connectivity index is 1.31. The molecule has 2 aromatic carbocycles. The minimum Gasteiger partial charge on any atom is -0.491 e. The Labute approximate surface area is 157 Å². The number of hydrogen-bond donors (Lipinski definition) is 1. The predicted octanol–water partition coefficient (Wildman–Crippen LogP) is 3.86. The molecule has 1 aliphatic carbocycles. The van der Waals surface area contributed by atoms with E-state index in [0.29, 0.717) is 11.7 Å². The summed E-state index contributed by atoms with van der Waals surface area (Å²) < 4.78 is 7.93. The van der Waals surface area contributed by atoms with Gasteiger partial charge in [0.1, 0.15) is 18.2 Å². The zero-order chi connectivity index (χ0) is 17.9. The van der Waals surface area contributed by atoms with Crippen LogP contribution in [0.25, 0.3) is 10.8 Å². The third-order valence-electron chi connectivity index (χ3n) is 4.57. The van der Waals surface area contributed by atoms with E-state index in [9.17, 15) is 5.11 Å². The molecular weight excluding hydrogens is 346 g/mol. The van der Waals surface area contributed by atoms with Gasteiger partial charge in [-0.05, 0) is 42.7 Å². The first-order valence-corrected chi connectivity index (χ1v) is 10.1. The highest BCUT2D eigenvalue weighted by Gasteiger charge is 2.30. The Morgan fingerprint density at radius 3 is 2.77 bits per heavy atom. The molecule has 1 aromatic heterocycles. The van der Waals surface area contributed by atoms with Gasteiger partial charge in [0, 0.05) is 18.2 Å². The molecule has 1 atom stereocenters. The highest BCUT2D eigenvalue weighted by Crippen LogP contribution is 2.40. The Morgan fingerprint density at radius 2 is 2.00 bits per heavy atom. The van der Waals surface area contributed by atoms with Crippen molar-refractivity contribution in [1.82, 2.24) is 14.8 Å². The van der Waals surface area contributed by atoms with E-state index in [0.717, 1.165) is 28.7 Å². The molecule has 0 spiro atoms. The van der Waals surface area contributed by atoms with E-state index in [2.05, 4.69) is 33.8 Å². The SMILES string of the molecule is CCn1c(SCC(O)COc2ccc3ccccc3c2)nnc1C1CC1. The van der Waals surface area contributed by atoms with Crippen LogP contribution in [-0.2, 0) is 6.54 Å². The van der Waals surface area contributed by atoms with Crippen LogP contribution in [0.15, 0.2) is 47.6 Å². The van der Waals surface area contributed by atoms with Crippen molar-refractivity contribution in [3.8, 4) is 5.75 Å². The van der Waals surface area contributed by atoms with Crippen molar-refractivity contribution in [2.45, 2.75) is 43.5 Å². The molecule has 26 heavy (non-hydrogen) atoms. The van der Waals surface area contributed by atoms with Gasteiger partial charge < -0.3 is 14.4 Å². The van der Waals surface area contributed by atoms with Crippen LogP contribution in [0.1, 0.15) is 31.5 Å². The molecule has 0 radical (unpaired) electrons. The number of thioether (sulfide) groups is 1. The van der Waals surface area contributed by atoms with Crippen LogP contribution in [0.3, 0.4) is 0 Å². The van der Waals surface area contributed by atoms with E-state index in [-0.39, 0.29) is 6.61 Å². The minimum absolute atomic E-state index is 0.265. The lowest BCUT2D eigenvalue weighted by molar-refractivity contribution is 0.126. The fourth-order valence-electron chi connectivity index (χ4n) is 3.02. The van der Waals surface area contributed by atoms with Crippen LogP contribution < -0.4 is 4.74 Å². The number of aromatic nitrogens is 3. The summed E-state index contributed by atoms with van der Waals surface area (Å²) in [4.78, 5) is 0. The normalized spacial score (nSPS) is 15.3. The number of rotatable bonds is 8. The van der Waals surface area contributed by atoms with Crippen molar-refractivity contribution in [3.63, 3.8) is 0 Å². The highest BCUT2D eigenvalue weighted by atomic mass is 32.2. The molecule has 0 saturated heterocycles. The van der Waals surface area contributed by atoms with Crippen LogP contribution in [-0.4, -0.2) is 38.3 Å². The molecule has 0 aliphatic heterocycles. The predicted molar refractivity (Wildman–Crippen MR) is 104 cm³/mol. The summed E-state index contributed by atoms with van der Waals surface area (Å²) in [6.45, 7) is 3.24. The Kier molecular flexibility index (Phi) is 5.13. The van der Waals surface area contributed by atoms with E-state index in [1.54, 1.807) is 11.8 Å². The molecule has 1 fully saturated rings. The first-order valence-electron chi connectivity index (χ1n) is 9.10. The Hall–Kier alpha value is -2.05. The maximum absolute atomic E-state index is 10.3. The number of aliphatic hydroxyl groups excluding tert-OH is 1. The number of benzene rings is 2. The molecule has 0 amide bonds. The molecule has 1 heterocycles. The molecular formula is C20H23N3O2S. The topological polar surface area (TPSA) is 60.2 Å². The number of fused-ring (bicyclic) bond motifs is 1. The Morgan fingerprint density at radius 1 is 1.19 bits per heavy atom. The second-order valence-corrected chi connectivity index (χ2v) is 7.63. The average Bonchev–Trinajstić information content (AvgIpc) is 3.44. The highest BCUT2D eigenvalue weighted by molar-refractivity contribution is 7.99. The largest absolute Gasteiger partial charge is 0.491 e. The van der Waals surface area contributed by atoms with E-state index in [1.165, 1.54) is 18.2 Å². The summed E-state index contributed by atoms with van der Waals surface area (Å²) in [5, 5.41) is 22.1. The second kappa shape index (κ2) is 7.68. The third-order valence-corrected chi connectivity index (χ3v) is 5.68. The zero-order valence-electron chi connectivity index (χ0n) is 14.8. The van der Waals surface area contributed by atoms with Crippen LogP contribution >= 0.6 is 11.8 Å².